The van der Waals surface area contributed by atoms with Crippen LogP contribution < -0.4 is 14.8 Å². The van der Waals surface area contributed by atoms with E-state index in [0.29, 0.717) is 6.61 Å². The lowest BCUT2D eigenvalue weighted by Crippen LogP contribution is -2.42. The molecule has 1 aliphatic rings. The lowest BCUT2D eigenvalue weighted by atomic mass is 9.68. The van der Waals surface area contributed by atoms with Crippen molar-refractivity contribution in [3.8, 4) is 11.5 Å². The van der Waals surface area contributed by atoms with E-state index in [4.69, 9.17) is 9.47 Å². The molecule has 0 bridgehead atoms. The van der Waals surface area contributed by atoms with E-state index in [1.165, 1.54) is 6.42 Å². The Kier molecular flexibility index (Phi) is 6.28. The fourth-order valence-corrected chi connectivity index (χ4v) is 4.36. The van der Waals surface area contributed by atoms with Crippen molar-refractivity contribution in [1.82, 2.24) is 0 Å². The van der Waals surface area contributed by atoms with Crippen LogP contribution in [-0.2, 0) is 10.2 Å². The molecule has 1 amide bonds. The van der Waals surface area contributed by atoms with Crippen LogP contribution in [0.4, 0.5) is 5.69 Å². The van der Waals surface area contributed by atoms with E-state index in [2.05, 4.69) is 5.32 Å². The monoisotopic (exact) mass is 381 g/mol. The number of methoxy groups -OCH3 is 1. The van der Waals surface area contributed by atoms with E-state index in [1.54, 1.807) is 7.11 Å². The topological polar surface area (TPSA) is 47.6 Å². The molecule has 3 rings (SSSR count). The predicted octanol–water partition coefficient (Wildman–Crippen LogP) is 5.55. The number of benzene rings is 2. The summed E-state index contributed by atoms with van der Waals surface area (Å²) in [5.41, 5.74) is 3.51. The number of rotatable bonds is 6. The molecule has 0 atom stereocenters. The van der Waals surface area contributed by atoms with Gasteiger partial charge in [0.25, 0.3) is 0 Å². The molecular formula is C24H31NO3. The van der Waals surface area contributed by atoms with Gasteiger partial charge < -0.3 is 14.8 Å². The van der Waals surface area contributed by atoms with Crippen molar-refractivity contribution in [3.63, 3.8) is 0 Å². The number of nitrogens with one attached hydrogen (secondary N) is 1. The lowest BCUT2D eigenvalue weighted by molar-refractivity contribution is -0.122. The van der Waals surface area contributed by atoms with Crippen LogP contribution in [0.1, 0.15) is 55.7 Å². The van der Waals surface area contributed by atoms with Crippen LogP contribution in [0.2, 0.25) is 0 Å². The third-order valence-corrected chi connectivity index (χ3v) is 5.79. The predicted molar refractivity (Wildman–Crippen MR) is 113 cm³/mol. The molecule has 4 nitrogen and oxygen atoms in total. The molecule has 2 aromatic rings. The van der Waals surface area contributed by atoms with Crippen LogP contribution in [0.15, 0.2) is 36.4 Å². The Hall–Kier alpha value is -2.49. The molecule has 4 heteroatoms. The first-order chi connectivity index (χ1) is 13.5. The van der Waals surface area contributed by atoms with Gasteiger partial charge >= 0.3 is 0 Å². The first-order valence-corrected chi connectivity index (χ1v) is 10.2. The summed E-state index contributed by atoms with van der Waals surface area (Å²) in [4.78, 5) is 13.5. The smallest absolute Gasteiger partial charge is 0.235 e. The van der Waals surface area contributed by atoms with Crippen molar-refractivity contribution >= 4 is 11.6 Å². The van der Waals surface area contributed by atoms with Crippen LogP contribution in [0, 0.1) is 13.8 Å². The Morgan fingerprint density at radius 3 is 2.18 bits per heavy atom. The quantitative estimate of drug-likeness (QED) is 0.713. The molecule has 0 heterocycles. The van der Waals surface area contributed by atoms with E-state index in [-0.39, 0.29) is 5.91 Å². The molecule has 0 unspecified atom stereocenters. The summed E-state index contributed by atoms with van der Waals surface area (Å²) < 4.78 is 11.0. The van der Waals surface area contributed by atoms with Crippen molar-refractivity contribution in [3.05, 3.63) is 53.1 Å². The standard InChI is InChI=1S/C24H31NO3/c1-5-28-22-17(2)15-20(16-18(22)3)25-23(26)24(13-7-6-8-14-24)19-9-11-21(27-4)12-10-19/h9-12,15-16H,5-8,13-14H2,1-4H3,(H,25,26). The zero-order chi connectivity index (χ0) is 20.1. The summed E-state index contributed by atoms with van der Waals surface area (Å²) in [6, 6.07) is 12.0. The summed E-state index contributed by atoms with van der Waals surface area (Å²) in [6.45, 7) is 6.66. The zero-order valence-electron chi connectivity index (χ0n) is 17.4. The Morgan fingerprint density at radius 2 is 1.64 bits per heavy atom. The van der Waals surface area contributed by atoms with E-state index >= 15 is 0 Å². The molecule has 0 aromatic heterocycles. The molecule has 0 radical (unpaired) electrons. The first kappa shape index (κ1) is 20.2. The van der Waals surface area contributed by atoms with Crippen LogP contribution >= 0.6 is 0 Å². The molecule has 1 fully saturated rings. The van der Waals surface area contributed by atoms with Gasteiger partial charge in [-0.15, -0.1) is 0 Å². The number of carbonyl (C=O) groups is 1. The number of anilines is 1. The maximum Gasteiger partial charge on any atom is 0.235 e. The zero-order valence-corrected chi connectivity index (χ0v) is 17.4. The van der Waals surface area contributed by atoms with E-state index < -0.39 is 5.41 Å². The maximum atomic E-state index is 13.5. The minimum atomic E-state index is -0.481. The Morgan fingerprint density at radius 1 is 1.04 bits per heavy atom. The van der Waals surface area contributed by atoms with Crippen LogP contribution in [0.5, 0.6) is 11.5 Å². The molecule has 1 aliphatic carbocycles. The number of amides is 1. The first-order valence-electron chi connectivity index (χ1n) is 10.2. The lowest BCUT2D eigenvalue weighted by Gasteiger charge is -2.36. The second-order valence-corrected chi connectivity index (χ2v) is 7.70. The normalized spacial score (nSPS) is 15.7. The number of hydrogen-bond donors (Lipinski definition) is 1. The van der Waals surface area contributed by atoms with Crippen LogP contribution in [0.3, 0.4) is 0 Å². The number of aryl methyl sites for hydroxylation is 2. The summed E-state index contributed by atoms with van der Waals surface area (Å²) in [7, 11) is 1.66. The largest absolute Gasteiger partial charge is 0.497 e. The minimum absolute atomic E-state index is 0.0836. The molecule has 2 aromatic carbocycles. The fraction of sp³-hybridized carbons (Fsp3) is 0.458. The van der Waals surface area contributed by atoms with Crippen molar-refractivity contribution in [2.75, 3.05) is 19.0 Å². The summed E-state index contributed by atoms with van der Waals surface area (Å²) in [5.74, 6) is 1.80. The van der Waals surface area contributed by atoms with Gasteiger partial charge in [0, 0.05) is 5.69 Å². The third-order valence-electron chi connectivity index (χ3n) is 5.79. The van der Waals surface area contributed by atoms with Crippen molar-refractivity contribution in [2.45, 2.75) is 58.3 Å². The highest BCUT2D eigenvalue weighted by Gasteiger charge is 2.41. The maximum absolute atomic E-state index is 13.5. The van der Waals surface area contributed by atoms with Gasteiger partial charge in [-0.05, 0) is 74.6 Å². The van der Waals surface area contributed by atoms with Gasteiger partial charge in [-0.2, -0.15) is 0 Å². The molecule has 150 valence electrons. The second kappa shape index (κ2) is 8.68. The molecular weight excluding hydrogens is 350 g/mol. The highest BCUT2D eigenvalue weighted by atomic mass is 16.5. The second-order valence-electron chi connectivity index (χ2n) is 7.70. The molecule has 0 aliphatic heterocycles. The van der Waals surface area contributed by atoms with Crippen molar-refractivity contribution in [2.24, 2.45) is 0 Å². The van der Waals surface area contributed by atoms with Crippen LogP contribution in [0.25, 0.3) is 0 Å². The van der Waals surface area contributed by atoms with Gasteiger partial charge in [0.1, 0.15) is 11.5 Å². The number of ether oxygens (including phenoxy) is 2. The van der Waals surface area contributed by atoms with Gasteiger partial charge in [0.15, 0.2) is 0 Å². The highest BCUT2D eigenvalue weighted by molar-refractivity contribution is 5.99. The molecule has 0 saturated heterocycles. The van der Waals surface area contributed by atoms with E-state index in [0.717, 1.165) is 59.6 Å². The molecule has 0 spiro atoms. The van der Waals surface area contributed by atoms with E-state index in [1.807, 2.05) is 57.2 Å². The van der Waals surface area contributed by atoms with E-state index in [9.17, 15) is 4.79 Å². The van der Waals surface area contributed by atoms with Crippen molar-refractivity contribution < 1.29 is 14.3 Å². The van der Waals surface area contributed by atoms with Gasteiger partial charge in [-0.3, -0.25) is 4.79 Å². The van der Waals surface area contributed by atoms with Crippen molar-refractivity contribution in [1.29, 1.82) is 0 Å². The van der Waals surface area contributed by atoms with Gasteiger partial charge in [0.05, 0.1) is 19.1 Å². The Labute approximate surface area is 168 Å². The SMILES string of the molecule is CCOc1c(C)cc(NC(=O)C2(c3ccc(OC)cc3)CCCCC2)cc1C. The Bertz CT molecular complexity index is 797. The summed E-state index contributed by atoms with van der Waals surface area (Å²) in [6.07, 6.45) is 5.08. The highest BCUT2D eigenvalue weighted by Crippen LogP contribution is 2.41. The summed E-state index contributed by atoms with van der Waals surface area (Å²) in [5, 5.41) is 3.20. The van der Waals surface area contributed by atoms with Gasteiger partial charge in [0.2, 0.25) is 5.91 Å². The number of carbonyl (C=O) groups excluding carboxylic acids is 1. The molecule has 1 N–H and O–H groups in total. The van der Waals surface area contributed by atoms with Gasteiger partial charge in [-0.25, -0.2) is 0 Å². The van der Waals surface area contributed by atoms with Crippen LogP contribution in [-0.4, -0.2) is 19.6 Å². The average molecular weight is 382 g/mol. The molecule has 1 saturated carbocycles. The van der Waals surface area contributed by atoms with Gasteiger partial charge in [-0.1, -0.05) is 31.4 Å². The average Bonchev–Trinajstić information content (AvgIpc) is 2.71. The number of hydrogen-bond acceptors (Lipinski definition) is 3. The molecule has 28 heavy (non-hydrogen) atoms. The Balaban J connectivity index is 1.90. The third kappa shape index (κ3) is 4.01. The fourth-order valence-electron chi connectivity index (χ4n) is 4.36. The minimum Gasteiger partial charge on any atom is -0.497 e. The summed E-state index contributed by atoms with van der Waals surface area (Å²) >= 11 is 0.